The Morgan fingerprint density at radius 1 is 1.29 bits per heavy atom. The molecule has 0 atom stereocenters. The molecule has 0 saturated carbocycles. The molecule has 0 aliphatic carbocycles. The molecule has 1 amide bonds. The molecule has 0 aliphatic heterocycles. The zero-order chi connectivity index (χ0) is 12.7. The number of phenolic OH excluding ortho intramolecular Hbond substituents is 1. The van der Waals surface area contributed by atoms with Crippen LogP contribution < -0.4 is 10.6 Å². The summed E-state index contributed by atoms with van der Waals surface area (Å²) in [5.74, 6) is 0.336. The zero-order valence-corrected chi connectivity index (χ0v) is 10.4. The van der Waals surface area contributed by atoms with Gasteiger partial charge in [0, 0.05) is 25.6 Å². The molecule has 0 fully saturated rings. The highest BCUT2D eigenvalue weighted by molar-refractivity contribution is 5.76. The number of hydrogen-bond donors (Lipinski definition) is 3. The molecule has 0 bridgehead atoms. The van der Waals surface area contributed by atoms with Crippen molar-refractivity contribution in [3.8, 4) is 5.75 Å². The van der Waals surface area contributed by atoms with E-state index < -0.39 is 0 Å². The van der Waals surface area contributed by atoms with Crippen molar-refractivity contribution in [1.82, 2.24) is 10.6 Å². The monoisotopic (exact) mass is 236 g/mol. The predicted molar refractivity (Wildman–Crippen MR) is 67.7 cm³/mol. The van der Waals surface area contributed by atoms with Crippen molar-refractivity contribution in [2.75, 3.05) is 6.54 Å². The molecule has 17 heavy (non-hydrogen) atoms. The molecule has 0 aromatic heterocycles. The first-order valence-corrected chi connectivity index (χ1v) is 5.86. The lowest BCUT2D eigenvalue weighted by molar-refractivity contribution is -0.121. The molecule has 94 valence electrons. The lowest BCUT2D eigenvalue weighted by Gasteiger charge is -2.08. The summed E-state index contributed by atoms with van der Waals surface area (Å²) >= 11 is 0. The first-order chi connectivity index (χ1) is 8.08. The van der Waals surface area contributed by atoms with Gasteiger partial charge >= 0.3 is 0 Å². The predicted octanol–water partition coefficient (Wildman–Crippen LogP) is 1.40. The fourth-order valence-corrected chi connectivity index (χ4v) is 1.44. The minimum atomic E-state index is 0.0678. The van der Waals surface area contributed by atoms with E-state index in [0.29, 0.717) is 19.5 Å². The molecule has 0 aliphatic rings. The average molecular weight is 236 g/mol. The smallest absolute Gasteiger partial charge is 0.221 e. The molecule has 0 unspecified atom stereocenters. The topological polar surface area (TPSA) is 61.4 Å². The van der Waals surface area contributed by atoms with Crippen LogP contribution >= 0.6 is 0 Å². The van der Waals surface area contributed by atoms with Gasteiger partial charge in [-0.15, -0.1) is 0 Å². The Labute approximate surface area is 102 Å². The van der Waals surface area contributed by atoms with Crippen molar-refractivity contribution in [1.29, 1.82) is 0 Å². The van der Waals surface area contributed by atoms with Crippen molar-refractivity contribution >= 4 is 5.91 Å². The summed E-state index contributed by atoms with van der Waals surface area (Å²) in [6.07, 6.45) is 0.482. The van der Waals surface area contributed by atoms with Crippen LogP contribution in [-0.2, 0) is 11.3 Å². The highest BCUT2D eigenvalue weighted by Gasteiger charge is 2.02. The summed E-state index contributed by atoms with van der Waals surface area (Å²) in [6, 6.07) is 7.22. The van der Waals surface area contributed by atoms with E-state index in [1.54, 1.807) is 12.1 Å². The van der Waals surface area contributed by atoms with Gasteiger partial charge in [-0.2, -0.15) is 0 Å². The van der Waals surface area contributed by atoms with Crippen molar-refractivity contribution < 1.29 is 9.90 Å². The number of nitrogens with one attached hydrogen (secondary N) is 2. The van der Waals surface area contributed by atoms with E-state index in [1.807, 2.05) is 26.0 Å². The number of aromatic hydroxyl groups is 1. The van der Waals surface area contributed by atoms with Crippen LogP contribution in [0.5, 0.6) is 5.75 Å². The molecule has 0 spiro atoms. The van der Waals surface area contributed by atoms with Crippen LogP contribution in [0.3, 0.4) is 0 Å². The van der Waals surface area contributed by atoms with E-state index in [0.717, 1.165) is 5.56 Å². The van der Waals surface area contributed by atoms with Gasteiger partial charge in [-0.3, -0.25) is 4.79 Å². The van der Waals surface area contributed by atoms with Gasteiger partial charge < -0.3 is 15.7 Å². The molecule has 4 nitrogen and oxygen atoms in total. The number of hydrogen-bond acceptors (Lipinski definition) is 3. The van der Waals surface area contributed by atoms with Gasteiger partial charge in [-0.1, -0.05) is 12.1 Å². The fourth-order valence-electron chi connectivity index (χ4n) is 1.44. The Bertz CT molecular complexity index is 347. The van der Waals surface area contributed by atoms with Gasteiger partial charge in [-0.05, 0) is 31.5 Å². The van der Waals surface area contributed by atoms with Crippen LogP contribution in [-0.4, -0.2) is 23.6 Å². The second-order valence-corrected chi connectivity index (χ2v) is 4.32. The van der Waals surface area contributed by atoms with Crippen LogP contribution in [0, 0.1) is 0 Å². The quantitative estimate of drug-likeness (QED) is 0.654. The Balaban J connectivity index is 2.16. The lowest BCUT2D eigenvalue weighted by atomic mass is 10.2. The number of carbonyl (C=O) groups excluding carboxylic acids is 1. The Morgan fingerprint density at radius 2 is 1.94 bits per heavy atom. The number of phenols is 1. The first-order valence-electron chi connectivity index (χ1n) is 5.86. The second kappa shape index (κ2) is 6.91. The van der Waals surface area contributed by atoms with Gasteiger partial charge in [0.25, 0.3) is 0 Å². The zero-order valence-electron chi connectivity index (χ0n) is 10.4. The Kier molecular flexibility index (Phi) is 5.49. The third-order valence-corrected chi connectivity index (χ3v) is 2.24. The Morgan fingerprint density at radius 3 is 2.53 bits per heavy atom. The second-order valence-electron chi connectivity index (χ2n) is 4.32. The Hall–Kier alpha value is -1.55. The van der Waals surface area contributed by atoms with Crippen LogP contribution in [0.4, 0.5) is 0 Å². The van der Waals surface area contributed by atoms with Crippen LogP contribution in [0.1, 0.15) is 25.8 Å². The van der Waals surface area contributed by atoms with E-state index in [2.05, 4.69) is 10.6 Å². The fraction of sp³-hybridized carbons (Fsp3) is 0.462. The lowest BCUT2D eigenvalue weighted by Crippen LogP contribution is -2.32. The highest BCUT2D eigenvalue weighted by atomic mass is 16.3. The van der Waals surface area contributed by atoms with Crippen molar-refractivity contribution in [3.63, 3.8) is 0 Å². The number of carbonyl (C=O) groups is 1. The standard InChI is InChI=1S/C13H20N2O2/c1-10(2)15-13(17)7-8-14-9-11-3-5-12(16)6-4-11/h3-6,10,14,16H,7-9H2,1-2H3,(H,15,17). The normalized spacial score (nSPS) is 10.5. The SMILES string of the molecule is CC(C)NC(=O)CCNCc1ccc(O)cc1. The van der Waals surface area contributed by atoms with Gasteiger partial charge in [0.15, 0.2) is 0 Å². The molecule has 0 radical (unpaired) electrons. The summed E-state index contributed by atoms with van der Waals surface area (Å²) in [7, 11) is 0. The van der Waals surface area contributed by atoms with Crippen LogP contribution in [0.15, 0.2) is 24.3 Å². The van der Waals surface area contributed by atoms with Crippen molar-refractivity contribution in [2.45, 2.75) is 32.9 Å². The van der Waals surface area contributed by atoms with Crippen LogP contribution in [0.2, 0.25) is 0 Å². The molecular weight excluding hydrogens is 216 g/mol. The summed E-state index contributed by atoms with van der Waals surface area (Å²) in [4.78, 5) is 11.3. The van der Waals surface area contributed by atoms with Gasteiger partial charge in [0.1, 0.15) is 5.75 Å². The van der Waals surface area contributed by atoms with E-state index in [4.69, 9.17) is 5.11 Å². The highest BCUT2D eigenvalue weighted by Crippen LogP contribution is 2.08. The summed E-state index contributed by atoms with van der Waals surface area (Å²) in [6.45, 7) is 5.25. The van der Waals surface area contributed by atoms with Gasteiger partial charge in [0.2, 0.25) is 5.91 Å². The van der Waals surface area contributed by atoms with Gasteiger partial charge in [-0.25, -0.2) is 0 Å². The first kappa shape index (κ1) is 13.5. The third kappa shape index (κ3) is 5.92. The van der Waals surface area contributed by atoms with E-state index >= 15 is 0 Å². The molecule has 1 aromatic carbocycles. The molecule has 0 heterocycles. The maximum Gasteiger partial charge on any atom is 0.221 e. The minimum Gasteiger partial charge on any atom is -0.508 e. The van der Waals surface area contributed by atoms with E-state index in [1.165, 1.54) is 0 Å². The number of amides is 1. The maximum atomic E-state index is 11.3. The molecule has 1 rings (SSSR count). The van der Waals surface area contributed by atoms with Crippen LogP contribution in [0.25, 0.3) is 0 Å². The summed E-state index contributed by atoms with van der Waals surface area (Å²) < 4.78 is 0. The number of rotatable bonds is 6. The number of benzene rings is 1. The summed E-state index contributed by atoms with van der Waals surface area (Å²) in [5, 5.41) is 15.1. The van der Waals surface area contributed by atoms with Crippen molar-refractivity contribution in [3.05, 3.63) is 29.8 Å². The molecule has 1 aromatic rings. The largest absolute Gasteiger partial charge is 0.508 e. The molecular formula is C13H20N2O2. The van der Waals surface area contributed by atoms with E-state index in [-0.39, 0.29) is 17.7 Å². The average Bonchev–Trinajstić information content (AvgIpc) is 2.26. The van der Waals surface area contributed by atoms with Gasteiger partial charge in [0.05, 0.1) is 0 Å². The maximum absolute atomic E-state index is 11.3. The van der Waals surface area contributed by atoms with Crippen molar-refractivity contribution in [2.24, 2.45) is 0 Å². The minimum absolute atomic E-state index is 0.0678. The molecule has 4 heteroatoms. The molecule has 3 N–H and O–H groups in total. The van der Waals surface area contributed by atoms with E-state index in [9.17, 15) is 4.79 Å². The third-order valence-electron chi connectivity index (χ3n) is 2.24. The molecule has 0 saturated heterocycles. The summed E-state index contributed by atoms with van der Waals surface area (Å²) in [5.41, 5.74) is 1.09.